The Morgan fingerprint density at radius 3 is 2.32 bits per heavy atom. The fraction of sp³-hybridized carbons (Fsp3) is 0.562. The Bertz CT molecular complexity index is 716. The van der Waals surface area contributed by atoms with Crippen LogP contribution in [-0.2, 0) is 26.2 Å². The van der Waals surface area contributed by atoms with Crippen molar-refractivity contribution < 1.29 is 26.4 Å². The van der Waals surface area contributed by atoms with Gasteiger partial charge in [0, 0.05) is 18.2 Å². The van der Waals surface area contributed by atoms with E-state index < -0.39 is 38.9 Å². The maximum Gasteiger partial charge on any atom is 0.416 e. The van der Waals surface area contributed by atoms with Crippen LogP contribution in [0.2, 0.25) is 0 Å². The number of carbonyl (C=O) groups is 1. The molecule has 1 aromatic rings. The minimum atomic E-state index is -4.44. The number of hydrogen-bond donors (Lipinski definition) is 2. The van der Waals surface area contributed by atoms with E-state index in [1.54, 1.807) is 19.9 Å². The highest BCUT2D eigenvalue weighted by Crippen LogP contribution is 2.32. The molecule has 1 unspecified atom stereocenters. The van der Waals surface area contributed by atoms with Crippen LogP contribution in [0.1, 0.15) is 31.4 Å². The van der Waals surface area contributed by atoms with Crippen molar-refractivity contribution in [2.75, 3.05) is 18.6 Å². The molecule has 1 amide bonds. The first-order valence-corrected chi connectivity index (χ1v) is 9.67. The summed E-state index contributed by atoms with van der Waals surface area (Å²) in [6, 6.07) is 3.92. The Labute approximate surface area is 145 Å². The summed E-state index contributed by atoms with van der Waals surface area (Å²) in [6.45, 7) is 3.47. The van der Waals surface area contributed by atoms with E-state index in [0.717, 1.165) is 18.4 Å². The van der Waals surface area contributed by atoms with Gasteiger partial charge in [0.1, 0.15) is 9.84 Å². The van der Waals surface area contributed by atoms with E-state index in [-0.39, 0.29) is 18.7 Å². The van der Waals surface area contributed by atoms with Crippen LogP contribution in [0.25, 0.3) is 0 Å². The molecule has 0 saturated carbocycles. The van der Waals surface area contributed by atoms with Gasteiger partial charge in [-0.3, -0.25) is 4.79 Å². The summed E-state index contributed by atoms with van der Waals surface area (Å²) in [4.78, 5) is 12.0. The van der Waals surface area contributed by atoms with Gasteiger partial charge in [-0.15, -0.1) is 0 Å². The summed E-state index contributed by atoms with van der Waals surface area (Å²) >= 11 is 0. The zero-order chi connectivity index (χ0) is 19.5. The number of carbonyl (C=O) groups excluding carboxylic acids is 1. The summed E-state index contributed by atoms with van der Waals surface area (Å²) in [6.07, 6.45) is -3.41. The van der Waals surface area contributed by atoms with Crippen LogP contribution in [0.15, 0.2) is 24.3 Å². The van der Waals surface area contributed by atoms with Gasteiger partial charge in [0.2, 0.25) is 5.91 Å². The molecule has 5 nitrogen and oxygen atoms in total. The summed E-state index contributed by atoms with van der Waals surface area (Å²) in [5.74, 6) is -0.748. The van der Waals surface area contributed by atoms with Gasteiger partial charge < -0.3 is 11.1 Å². The Kier molecular flexibility index (Phi) is 6.63. The van der Waals surface area contributed by atoms with E-state index in [1.807, 2.05) is 0 Å². The lowest BCUT2D eigenvalue weighted by Gasteiger charge is -2.27. The number of amides is 1. The minimum Gasteiger partial charge on any atom is -0.354 e. The average Bonchev–Trinajstić information content (AvgIpc) is 2.49. The highest BCUT2D eigenvalue weighted by molar-refractivity contribution is 7.90. The number of nitrogens with one attached hydrogen (secondary N) is 1. The number of benzene rings is 1. The van der Waals surface area contributed by atoms with Crippen LogP contribution in [0, 0.1) is 0 Å². The predicted molar refractivity (Wildman–Crippen MR) is 89.8 cm³/mol. The zero-order valence-electron chi connectivity index (χ0n) is 14.4. The van der Waals surface area contributed by atoms with E-state index in [0.29, 0.717) is 5.56 Å². The normalized spacial score (nSPS) is 14.2. The molecule has 142 valence electrons. The molecular formula is C16H23F3N2O3S. The van der Waals surface area contributed by atoms with Crippen LogP contribution in [0.4, 0.5) is 13.2 Å². The maximum atomic E-state index is 12.8. The molecule has 0 saturated heterocycles. The molecular weight excluding hydrogens is 357 g/mol. The van der Waals surface area contributed by atoms with Crippen molar-refractivity contribution in [1.29, 1.82) is 0 Å². The molecule has 1 rings (SSSR count). The maximum absolute atomic E-state index is 12.8. The van der Waals surface area contributed by atoms with Crippen molar-refractivity contribution in [3.05, 3.63) is 35.4 Å². The highest BCUT2D eigenvalue weighted by atomic mass is 32.2. The van der Waals surface area contributed by atoms with E-state index in [2.05, 4.69) is 5.32 Å². The van der Waals surface area contributed by atoms with Gasteiger partial charge in [0.25, 0.3) is 0 Å². The first-order valence-electron chi connectivity index (χ1n) is 7.61. The summed E-state index contributed by atoms with van der Waals surface area (Å²) in [7, 11) is -3.22. The minimum absolute atomic E-state index is 0.0192. The Balaban J connectivity index is 2.74. The van der Waals surface area contributed by atoms with Crippen LogP contribution in [-0.4, -0.2) is 38.9 Å². The summed E-state index contributed by atoms with van der Waals surface area (Å²) in [5, 5.41) is 2.58. The number of halogens is 3. The third-order valence-electron chi connectivity index (χ3n) is 3.81. The van der Waals surface area contributed by atoms with Gasteiger partial charge in [-0.1, -0.05) is 32.0 Å². The fourth-order valence-corrected chi connectivity index (χ4v) is 2.81. The van der Waals surface area contributed by atoms with Gasteiger partial charge in [-0.2, -0.15) is 13.2 Å². The second kappa shape index (κ2) is 7.74. The third-order valence-corrected chi connectivity index (χ3v) is 4.79. The Morgan fingerprint density at radius 2 is 1.80 bits per heavy atom. The molecule has 0 aliphatic heterocycles. The molecule has 1 atom stereocenters. The highest BCUT2D eigenvalue weighted by Gasteiger charge is 2.32. The van der Waals surface area contributed by atoms with Gasteiger partial charge in [0.05, 0.1) is 17.4 Å². The summed E-state index contributed by atoms with van der Waals surface area (Å²) < 4.78 is 60.7. The van der Waals surface area contributed by atoms with Crippen molar-refractivity contribution in [3.8, 4) is 0 Å². The van der Waals surface area contributed by atoms with Gasteiger partial charge in [-0.25, -0.2) is 8.42 Å². The number of sulfone groups is 1. The molecule has 3 N–H and O–H groups in total. The molecule has 0 aliphatic carbocycles. The van der Waals surface area contributed by atoms with E-state index in [4.69, 9.17) is 5.73 Å². The Hall–Kier alpha value is -1.61. The van der Waals surface area contributed by atoms with Crippen LogP contribution in [0.3, 0.4) is 0 Å². The van der Waals surface area contributed by atoms with Crippen molar-refractivity contribution in [2.45, 2.75) is 37.9 Å². The number of hydrogen-bond acceptors (Lipinski definition) is 4. The topological polar surface area (TPSA) is 89.3 Å². The third kappa shape index (κ3) is 7.03. The van der Waals surface area contributed by atoms with E-state index in [1.165, 1.54) is 6.07 Å². The predicted octanol–water partition coefficient (Wildman–Crippen LogP) is 1.86. The molecule has 0 bridgehead atoms. The molecule has 0 fully saturated rings. The molecule has 0 aliphatic rings. The molecule has 0 radical (unpaired) electrons. The number of rotatable bonds is 7. The molecule has 0 heterocycles. The largest absolute Gasteiger partial charge is 0.416 e. The van der Waals surface area contributed by atoms with Crippen LogP contribution in [0.5, 0.6) is 0 Å². The molecule has 9 heteroatoms. The van der Waals surface area contributed by atoms with Crippen molar-refractivity contribution >= 4 is 15.7 Å². The second-order valence-electron chi connectivity index (χ2n) is 6.71. The lowest BCUT2D eigenvalue weighted by Crippen LogP contribution is -2.45. The zero-order valence-corrected chi connectivity index (χ0v) is 15.2. The average molecular weight is 380 g/mol. The first-order chi connectivity index (χ1) is 11.2. The van der Waals surface area contributed by atoms with Crippen molar-refractivity contribution in [1.82, 2.24) is 5.32 Å². The quantitative estimate of drug-likeness (QED) is 0.756. The lowest BCUT2D eigenvalue weighted by atomic mass is 9.83. The molecule has 25 heavy (non-hydrogen) atoms. The Morgan fingerprint density at radius 1 is 1.24 bits per heavy atom. The number of alkyl halides is 3. The van der Waals surface area contributed by atoms with E-state index >= 15 is 0 Å². The van der Waals surface area contributed by atoms with Gasteiger partial charge in [-0.05, 0) is 18.1 Å². The second-order valence-corrected chi connectivity index (χ2v) is 8.97. The number of nitrogens with two attached hydrogens (primary N) is 1. The monoisotopic (exact) mass is 380 g/mol. The standard InChI is InChI=1S/C16H23F3N2O3S/c1-15(2,11-5-4-6-12(9-11)16(17,18)19)10-21-14(22)13(20)7-8-25(3,23)24/h4-6,9,13H,7-8,10,20H2,1-3H3,(H,21,22). The van der Waals surface area contributed by atoms with Crippen LogP contribution >= 0.6 is 0 Å². The molecule has 1 aromatic carbocycles. The SMILES string of the molecule is CC(C)(CNC(=O)C(N)CCS(C)(=O)=O)c1cccc(C(F)(F)F)c1. The molecule has 0 spiro atoms. The van der Waals surface area contributed by atoms with Crippen molar-refractivity contribution in [2.24, 2.45) is 5.73 Å². The smallest absolute Gasteiger partial charge is 0.354 e. The van der Waals surface area contributed by atoms with E-state index in [9.17, 15) is 26.4 Å². The van der Waals surface area contributed by atoms with Gasteiger partial charge in [0.15, 0.2) is 0 Å². The van der Waals surface area contributed by atoms with Gasteiger partial charge >= 0.3 is 6.18 Å². The fourth-order valence-electron chi connectivity index (χ4n) is 2.13. The van der Waals surface area contributed by atoms with Crippen LogP contribution < -0.4 is 11.1 Å². The molecule has 0 aromatic heterocycles. The van der Waals surface area contributed by atoms with Crippen molar-refractivity contribution in [3.63, 3.8) is 0 Å². The first kappa shape index (κ1) is 21.4. The lowest BCUT2D eigenvalue weighted by molar-refractivity contribution is -0.137. The summed E-state index contributed by atoms with van der Waals surface area (Å²) in [5.41, 5.74) is 4.56.